The zero-order valence-electron chi connectivity index (χ0n) is 13.3. The third kappa shape index (κ3) is 4.07. The molecule has 1 aromatic rings. The molecule has 0 aliphatic carbocycles. The van der Waals surface area contributed by atoms with Crippen molar-refractivity contribution >= 4 is 11.9 Å². The Balaban J connectivity index is 2.20. The topological polar surface area (TPSA) is 66.8 Å². The number of rotatable bonds is 2. The molecule has 0 bridgehead atoms. The molecule has 1 saturated heterocycles. The SMILES string of the molecule is CC(C)(C)OC(=O)N1CCC(=O)C[C@@H]1[C@@H](O)c1ccccc1. The molecule has 1 fully saturated rings. The Hall–Kier alpha value is -1.88. The van der Waals surface area contributed by atoms with Gasteiger partial charge in [-0.2, -0.15) is 0 Å². The van der Waals surface area contributed by atoms with Crippen molar-refractivity contribution in [2.45, 2.75) is 51.4 Å². The zero-order chi connectivity index (χ0) is 16.3. The van der Waals surface area contributed by atoms with Gasteiger partial charge in [0.2, 0.25) is 0 Å². The summed E-state index contributed by atoms with van der Waals surface area (Å²) in [7, 11) is 0. The Bertz CT molecular complexity index is 535. The number of Topliss-reactive ketones (excluding diaryl/α,β-unsaturated/α-hetero) is 1. The fourth-order valence-electron chi connectivity index (χ4n) is 2.56. The Morgan fingerprint density at radius 2 is 1.95 bits per heavy atom. The molecule has 5 nitrogen and oxygen atoms in total. The van der Waals surface area contributed by atoms with Crippen molar-refractivity contribution in [3.8, 4) is 0 Å². The van der Waals surface area contributed by atoms with Crippen molar-refractivity contribution < 1.29 is 19.4 Å². The van der Waals surface area contributed by atoms with E-state index in [9.17, 15) is 14.7 Å². The maximum atomic E-state index is 12.3. The molecule has 0 aromatic heterocycles. The predicted octanol–water partition coefficient (Wildman–Crippen LogP) is 2.69. The second-order valence-electron chi connectivity index (χ2n) is 6.59. The lowest BCUT2D eigenvalue weighted by atomic mass is 9.92. The minimum atomic E-state index is -0.905. The number of hydrogen-bond donors (Lipinski definition) is 1. The minimum Gasteiger partial charge on any atom is -0.444 e. The summed E-state index contributed by atoms with van der Waals surface area (Å²) in [6, 6.07) is 8.49. The van der Waals surface area contributed by atoms with Gasteiger partial charge in [-0.15, -0.1) is 0 Å². The zero-order valence-corrected chi connectivity index (χ0v) is 13.3. The van der Waals surface area contributed by atoms with Gasteiger partial charge in [0, 0.05) is 19.4 Å². The Kier molecular flexibility index (Phi) is 4.86. The second-order valence-corrected chi connectivity index (χ2v) is 6.59. The van der Waals surface area contributed by atoms with Crippen LogP contribution in [0.2, 0.25) is 0 Å². The highest BCUT2D eigenvalue weighted by molar-refractivity contribution is 5.82. The Labute approximate surface area is 130 Å². The molecule has 1 aromatic carbocycles. The average molecular weight is 305 g/mol. The van der Waals surface area contributed by atoms with E-state index in [0.29, 0.717) is 12.0 Å². The Morgan fingerprint density at radius 1 is 1.32 bits per heavy atom. The van der Waals surface area contributed by atoms with E-state index in [4.69, 9.17) is 4.74 Å². The Morgan fingerprint density at radius 3 is 2.55 bits per heavy atom. The van der Waals surface area contributed by atoms with Crippen LogP contribution in [0.3, 0.4) is 0 Å². The molecule has 0 saturated carbocycles. The summed E-state index contributed by atoms with van der Waals surface area (Å²) in [5.74, 6) is 0.0554. The van der Waals surface area contributed by atoms with Crippen molar-refractivity contribution in [1.82, 2.24) is 4.90 Å². The molecule has 1 aliphatic heterocycles. The summed E-state index contributed by atoms with van der Waals surface area (Å²) in [4.78, 5) is 25.6. The summed E-state index contributed by atoms with van der Waals surface area (Å²) >= 11 is 0. The lowest BCUT2D eigenvalue weighted by Crippen LogP contribution is -2.50. The molecule has 0 unspecified atom stereocenters. The van der Waals surface area contributed by atoms with Crippen LogP contribution in [0.15, 0.2) is 30.3 Å². The molecule has 1 aliphatic rings. The first kappa shape index (κ1) is 16.5. The van der Waals surface area contributed by atoms with Crippen LogP contribution in [0.1, 0.15) is 45.3 Å². The van der Waals surface area contributed by atoms with Crippen molar-refractivity contribution in [2.24, 2.45) is 0 Å². The van der Waals surface area contributed by atoms with E-state index in [2.05, 4.69) is 0 Å². The first-order chi connectivity index (χ1) is 10.3. The normalized spacial score (nSPS) is 20.6. The number of benzene rings is 1. The largest absolute Gasteiger partial charge is 0.444 e. The maximum absolute atomic E-state index is 12.3. The van der Waals surface area contributed by atoms with Crippen LogP contribution < -0.4 is 0 Å². The fourth-order valence-corrected chi connectivity index (χ4v) is 2.56. The van der Waals surface area contributed by atoms with Crippen LogP contribution in [-0.2, 0) is 9.53 Å². The number of amides is 1. The van der Waals surface area contributed by atoms with Crippen molar-refractivity contribution in [3.05, 3.63) is 35.9 Å². The molecule has 0 spiro atoms. The van der Waals surface area contributed by atoms with Gasteiger partial charge in [0.05, 0.1) is 12.1 Å². The smallest absolute Gasteiger partial charge is 0.410 e. The number of ether oxygens (including phenoxy) is 1. The first-order valence-electron chi connectivity index (χ1n) is 7.52. The molecule has 2 atom stereocenters. The monoisotopic (exact) mass is 305 g/mol. The van der Waals surface area contributed by atoms with Crippen LogP contribution in [0, 0.1) is 0 Å². The van der Waals surface area contributed by atoms with Gasteiger partial charge in [-0.1, -0.05) is 30.3 Å². The average Bonchev–Trinajstić information content (AvgIpc) is 2.45. The van der Waals surface area contributed by atoms with E-state index in [1.165, 1.54) is 4.90 Å². The van der Waals surface area contributed by atoms with E-state index in [0.717, 1.165) is 0 Å². The predicted molar refractivity (Wildman–Crippen MR) is 82.4 cm³/mol. The van der Waals surface area contributed by atoms with Crippen LogP contribution in [0.25, 0.3) is 0 Å². The molecule has 1 amide bonds. The van der Waals surface area contributed by atoms with Crippen molar-refractivity contribution in [1.29, 1.82) is 0 Å². The molecule has 1 heterocycles. The first-order valence-corrected chi connectivity index (χ1v) is 7.52. The fraction of sp³-hybridized carbons (Fsp3) is 0.529. The van der Waals surface area contributed by atoms with Gasteiger partial charge in [0.15, 0.2) is 0 Å². The number of carbonyl (C=O) groups is 2. The van der Waals surface area contributed by atoms with Crippen molar-refractivity contribution in [3.63, 3.8) is 0 Å². The number of hydrogen-bond acceptors (Lipinski definition) is 4. The third-order valence-electron chi connectivity index (χ3n) is 3.60. The summed E-state index contributed by atoms with van der Waals surface area (Å²) < 4.78 is 5.39. The molecule has 1 N–H and O–H groups in total. The van der Waals surface area contributed by atoms with Gasteiger partial charge in [0.25, 0.3) is 0 Å². The summed E-state index contributed by atoms with van der Waals surface area (Å²) in [5, 5.41) is 10.6. The van der Waals surface area contributed by atoms with Crippen LogP contribution in [0.4, 0.5) is 4.79 Å². The molecule has 5 heteroatoms. The highest BCUT2D eigenvalue weighted by atomic mass is 16.6. The number of carbonyl (C=O) groups excluding carboxylic acids is 2. The molecule has 0 radical (unpaired) electrons. The number of ketones is 1. The van der Waals surface area contributed by atoms with E-state index in [1.54, 1.807) is 32.9 Å². The molecular formula is C17H23NO4. The summed E-state index contributed by atoms with van der Waals surface area (Å²) in [6.45, 7) is 5.66. The number of likely N-dealkylation sites (tertiary alicyclic amines) is 1. The van der Waals surface area contributed by atoms with Gasteiger partial charge in [-0.25, -0.2) is 4.79 Å². The third-order valence-corrected chi connectivity index (χ3v) is 3.60. The molecular weight excluding hydrogens is 282 g/mol. The van der Waals surface area contributed by atoms with Gasteiger partial charge in [0.1, 0.15) is 11.4 Å². The number of nitrogens with zero attached hydrogens (tertiary/aromatic N) is 1. The number of aliphatic hydroxyl groups excluding tert-OH is 1. The lowest BCUT2D eigenvalue weighted by Gasteiger charge is -2.38. The van der Waals surface area contributed by atoms with Gasteiger partial charge in [-0.05, 0) is 26.3 Å². The second kappa shape index (κ2) is 6.48. The highest BCUT2D eigenvalue weighted by Gasteiger charge is 2.37. The standard InChI is InChI=1S/C17H23NO4/c1-17(2,3)22-16(21)18-10-9-13(19)11-14(18)15(20)12-7-5-4-6-8-12/h4-8,14-15,20H,9-11H2,1-3H3/t14-,15+/m1/s1. The van der Waals surface area contributed by atoms with Crippen LogP contribution in [-0.4, -0.2) is 40.1 Å². The van der Waals surface area contributed by atoms with E-state index in [1.807, 2.05) is 18.2 Å². The lowest BCUT2D eigenvalue weighted by molar-refractivity contribution is -0.125. The van der Waals surface area contributed by atoms with Gasteiger partial charge in [-0.3, -0.25) is 4.79 Å². The van der Waals surface area contributed by atoms with Crippen LogP contribution in [0.5, 0.6) is 0 Å². The summed E-state index contributed by atoms with van der Waals surface area (Å²) in [6.07, 6.45) is -0.940. The quantitative estimate of drug-likeness (QED) is 0.912. The maximum Gasteiger partial charge on any atom is 0.410 e. The van der Waals surface area contributed by atoms with Gasteiger partial charge < -0.3 is 14.7 Å². The molecule has 2 rings (SSSR count). The van der Waals surface area contributed by atoms with E-state index in [-0.39, 0.29) is 18.7 Å². The van der Waals surface area contributed by atoms with Gasteiger partial charge >= 0.3 is 6.09 Å². The number of piperidine rings is 1. The van der Waals surface area contributed by atoms with E-state index < -0.39 is 23.8 Å². The van der Waals surface area contributed by atoms with Crippen molar-refractivity contribution in [2.75, 3.05) is 6.54 Å². The minimum absolute atomic E-state index is 0.0554. The molecule has 120 valence electrons. The van der Waals surface area contributed by atoms with Crippen LogP contribution >= 0.6 is 0 Å². The highest BCUT2D eigenvalue weighted by Crippen LogP contribution is 2.28. The molecule has 22 heavy (non-hydrogen) atoms. The number of aliphatic hydroxyl groups is 1. The summed E-state index contributed by atoms with van der Waals surface area (Å²) in [5.41, 5.74) is 0.0802. The van der Waals surface area contributed by atoms with E-state index >= 15 is 0 Å².